The molecule has 1 amide bonds. The highest BCUT2D eigenvalue weighted by Crippen LogP contribution is 2.26. The smallest absolute Gasteiger partial charge is 0.410 e. The van der Waals surface area contributed by atoms with Gasteiger partial charge in [-0.3, -0.25) is 18.9 Å². The Labute approximate surface area is 181 Å². The SMILES string of the molecule is CC(C)(C)OC(=O)Cn1c(=O)n(C2CCN(C(=O)OC(C)(C)C)CC2)c2ccncc21. The number of carbonyl (C=O) groups excluding carboxylic acids is 2. The van der Waals surface area contributed by atoms with Crippen LogP contribution in [-0.4, -0.2) is 55.4 Å². The van der Waals surface area contributed by atoms with Crippen molar-refractivity contribution >= 4 is 23.1 Å². The van der Waals surface area contributed by atoms with Crippen LogP contribution in [0.25, 0.3) is 11.0 Å². The van der Waals surface area contributed by atoms with Gasteiger partial charge >= 0.3 is 17.8 Å². The summed E-state index contributed by atoms with van der Waals surface area (Å²) in [6.07, 6.45) is 4.12. The fraction of sp³-hybridized carbons (Fsp3) is 0.636. The van der Waals surface area contributed by atoms with Crippen molar-refractivity contribution in [2.75, 3.05) is 13.1 Å². The predicted molar refractivity (Wildman–Crippen MR) is 116 cm³/mol. The Morgan fingerprint density at radius 3 is 2.23 bits per heavy atom. The van der Waals surface area contributed by atoms with E-state index in [1.54, 1.807) is 48.7 Å². The Hall–Kier alpha value is -2.84. The quantitative estimate of drug-likeness (QED) is 0.692. The summed E-state index contributed by atoms with van der Waals surface area (Å²) in [4.78, 5) is 43.8. The lowest BCUT2D eigenvalue weighted by Gasteiger charge is -2.33. The molecule has 0 unspecified atom stereocenters. The van der Waals surface area contributed by atoms with E-state index in [-0.39, 0.29) is 24.4 Å². The van der Waals surface area contributed by atoms with Gasteiger partial charge in [0, 0.05) is 25.3 Å². The van der Waals surface area contributed by atoms with E-state index < -0.39 is 17.2 Å². The summed E-state index contributed by atoms with van der Waals surface area (Å²) in [6.45, 7) is 11.7. The van der Waals surface area contributed by atoms with Crippen LogP contribution in [-0.2, 0) is 20.8 Å². The molecular weight excluding hydrogens is 400 g/mol. The maximum Gasteiger partial charge on any atom is 0.410 e. The molecule has 0 spiro atoms. The van der Waals surface area contributed by atoms with Crippen LogP contribution >= 0.6 is 0 Å². The van der Waals surface area contributed by atoms with Crippen LogP contribution in [0.1, 0.15) is 60.4 Å². The van der Waals surface area contributed by atoms with Gasteiger partial charge in [-0.15, -0.1) is 0 Å². The van der Waals surface area contributed by atoms with Crippen molar-refractivity contribution in [3.05, 3.63) is 28.9 Å². The number of fused-ring (bicyclic) bond motifs is 1. The lowest BCUT2D eigenvalue weighted by atomic mass is 10.1. The summed E-state index contributed by atoms with van der Waals surface area (Å²) in [5.41, 5.74) is -0.143. The van der Waals surface area contributed by atoms with Crippen molar-refractivity contribution in [2.45, 2.75) is 78.2 Å². The molecular formula is C22H32N4O5. The third-order valence-electron chi connectivity index (χ3n) is 4.95. The van der Waals surface area contributed by atoms with Crippen molar-refractivity contribution in [3.63, 3.8) is 0 Å². The van der Waals surface area contributed by atoms with E-state index in [1.807, 2.05) is 20.8 Å². The second-order valence-corrected chi connectivity index (χ2v) is 9.89. The molecule has 0 atom stereocenters. The number of hydrogen-bond donors (Lipinski definition) is 0. The Morgan fingerprint density at radius 2 is 1.65 bits per heavy atom. The van der Waals surface area contributed by atoms with E-state index in [2.05, 4.69) is 4.98 Å². The van der Waals surface area contributed by atoms with Crippen molar-refractivity contribution in [2.24, 2.45) is 0 Å². The molecule has 9 heteroatoms. The lowest BCUT2D eigenvalue weighted by Crippen LogP contribution is -2.43. The zero-order valence-electron chi connectivity index (χ0n) is 19.2. The molecule has 3 rings (SSSR count). The summed E-state index contributed by atoms with van der Waals surface area (Å²) in [5, 5.41) is 0. The van der Waals surface area contributed by atoms with Crippen LogP contribution in [0.3, 0.4) is 0 Å². The number of nitrogens with zero attached hydrogens (tertiary/aromatic N) is 4. The van der Waals surface area contributed by atoms with E-state index in [0.717, 1.165) is 5.52 Å². The summed E-state index contributed by atoms with van der Waals surface area (Å²) in [5.74, 6) is -0.475. The van der Waals surface area contributed by atoms with Crippen LogP contribution in [0.5, 0.6) is 0 Å². The van der Waals surface area contributed by atoms with Gasteiger partial charge in [-0.1, -0.05) is 0 Å². The summed E-state index contributed by atoms with van der Waals surface area (Å²) >= 11 is 0. The Morgan fingerprint density at radius 1 is 1.03 bits per heavy atom. The third-order valence-corrected chi connectivity index (χ3v) is 4.95. The molecule has 1 aliphatic rings. The Balaban J connectivity index is 1.82. The van der Waals surface area contributed by atoms with Gasteiger partial charge in [0.25, 0.3) is 0 Å². The number of esters is 1. The maximum atomic E-state index is 13.3. The number of pyridine rings is 1. The van der Waals surface area contributed by atoms with Crippen LogP contribution in [0.4, 0.5) is 4.79 Å². The van der Waals surface area contributed by atoms with Gasteiger partial charge in [0.1, 0.15) is 17.7 Å². The van der Waals surface area contributed by atoms with Crippen LogP contribution in [0.2, 0.25) is 0 Å². The predicted octanol–water partition coefficient (Wildman–Crippen LogP) is 3.11. The minimum atomic E-state index is -0.633. The van der Waals surface area contributed by atoms with Gasteiger partial charge in [-0.25, -0.2) is 9.59 Å². The normalized spacial score (nSPS) is 15.9. The first-order valence-corrected chi connectivity index (χ1v) is 10.6. The largest absolute Gasteiger partial charge is 0.459 e. The van der Waals surface area contributed by atoms with Crippen LogP contribution in [0.15, 0.2) is 23.3 Å². The molecule has 0 saturated carbocycles. The van der Waals surface area contributed by atoms with Gasteiger partial charge in [0.2, 0.25) is 0 Å². The minimum absolute atomic E-state index is 0.0871. The first kappa shape index (κ1) is 22.8. The molecule has 31 heavy (non-hydrogen) atoms. The number of likely N-dealkylation sites (tertiary alicyclic amines) is 1. The number of hydrogen-bond acceptors (Lipinski definition) is 6. The number of piperidine rings is 1. The Kier molecular flexibility index (Phi) is 6.16. The van der Waals surface area contributed by atoms with E-state index in [9.17, 15) is 14.4 Å². The van der Waals surface area contributed by atoms with Crippen molar-refractivity contribution < 1.29 is 19.1 Å². The van der Waals surface area contributed by atoms with E-state index in [1.165, 1.54) is 4.57 Å². The second kappa shape index (κ2) is 8.36. The van der Waals surface area contributed by atoms with Crippen LogP contribution < -0.4 is 5.69 Å². The summed E-state index contributed by atoms with van der Waals surface area (Å²) < 4.78 is 14.0. The minimum Gasteiger partial charge on any atom is -0.459 e. The molecule has 3 heterocycles. The van der Waals surface area contributed by atoms with Crippen molar-refractivity contribution in [1.82, 2.24) is 19.0 Å². The first-order chi connectivity index (χ1) is 14.4. The van der Waals surface area contributed by atoms with Gasteiger partial charge in [-0.05, 0) is 60.5 Å². The molecule has 0 aliphatic carbocycles. The van der Waals surface area contributed by atoms with Crippen molar-refractivity contribution in [1.29, 1.82) is 0 Å². The molecule has 1 aliphatic heterocycles. The molecule has 2 aromatic heterocycles. The average molecular weight is 433 g/mol. The molecule has 0 radical (unpaired) electrons. The molecule has 9 nitrogen and oxygen atoms in total. The molecule has 0 N–H and O–H groups in total. The van der Waals surface area contributed by atoms with Crippen LogP contribution in [0, 0.1) is 0 Å². The Bertz CT molecular complexity index is 1020. The standard InChI is InChI=1S/C22H32N4O5/c1-21(2,3)30-18(27)14-25-17-13-23-10-7-16(17)26(19(25)28)15-8-11-24(12-9-15)20(29)31-22(4,5)6/h7,10,13,15H,8-9,11-12,14H2,1-6H3. The highest BCUT2D eigenvalue weighted by atomic mass is 16.6. The third kappa shape index (κ3) is 5.45. The number of aromatic nitrogens is 3. The zero-order chi connectivity index (χ0) is 23.0. The average Bonchev–Trinajstić information content (AvgIpc) is 2.91. The van der Waals surface area contributed by atoms with Gasteiger partial charge in [0.05, 0.1) is 17.2 Å². The first-order valence-electron chi connectivity index (χ1n) is 10.6. The van der Waals surface area contributed by atoms with Gasteiger partial charge < -0.3 is 14.4 Å². The fourth-order valence-corrected chi connectivity index (χ4v) is 3.77. The molecule has 1 saturated heterocycles. The molecule has 0 aromatic carbocycles. The summed E-state index contributed by atoms with van der Waals surface area (Å²) in [6, 6.07) is 1.69. The highest BCUT2D eigenvalue weighted by molar-refractivity contribution is 5.78. The van der Waals surface area contributed by atoms with E-state index in [4.69, 9.17) is 9.47 Å². The number of amides is 1. The zero-order valence-corrected chi connectivity index (χ0v) is 19.2. The van der Waals surface area contributed by atoms with Crippen molar-refractivity contribution in [3.8, 4) is 0 Å². The molecule has 1 fully saturated rings. The van der Waals surface area contributed by atoms with E-state index >= 15 is 0 Å². The number of carbonyl (C=O) groups is 2. The lowest BCUT2D eigenvalue weighted by molar-refractivity contribution is -0.155. The van der Waals surface area contributed by atoms with Gasteiger partial charge in [0.15, 0.2) is 0 Å². The fourth-order valence-electron chi connectivity index (χ4n) is 3.77. The summed E-state index contributed by atoms with van der Waals surface area (Å²) in [7, 11) is 0. The molecule has 2 aromatic rings. The number of rotatable bonds is 3. The second-order valence-electron chi connectivity index (χ2n) is 9.89. The van der Waals surface area contributed by atoms with Gasteiger partial charge in [-0.2, -0.15) is 0 Å². The highest BCUT2D eigenvalue weighted by Gasteiger charge is 2.30. The molecule has 170 valence electrons. The maximum absolute atomic E-state index is 13.3. The monoisotopic (exact) mass is 432 g/mol. The number of ether oxygens (including phenoxy) is 2. The topological polar surface area (TPSA) is 95.7 Å². The van der Waals surface area contributed by atoms with E-state index in [0.29, 0.717) is 31.4 Å². The molecule has 0 bridgehead atoms. The number of imidazole rings is 1.